The summed E-state index contributed by atoms with van der Waals surface area (Å²) in [5.74, 6) is 1.55. The van der Waals surface area contributed by atoms with Gasteiger partial charge >= 0.3 is 0 Å². The first-order chi connectivity index (χ1) is 13.3. The molecule has 0 saturated carbocycles. The Kier molecular flexibility index (Phi) is 6.32. The highest BCUT2D eigenvalue weighted by atomic mass is 32.2. The third-order valence-electron chi connectivity index (χ3n) is 5.01. The monoisotopic (exact) mass is 403 g/mol. The molecule has 28 heavy (non-hydrogen) atoms. The molecule has 2 heterocycles. The minimum absolute atomic E-state index is 0.00974. The Morgan fingerprint density at radius 3 is 2.57 bits per heavy atom. The summed E-state index contributed by atoms with van der Waals surface area (Å²) in [5.41, 5.74) is 1.95. The van der Waals surface area contributed by atoms with E-state index in [0.29, 0.717) is 24.5 Å². The van der Waals surface area contributed by atoms with Gasteiger partial charge in [0, 0.05) is 45.7 Å². The van der Waals surface area contributed by atoms with Gasteiger partial charge in [-0.15, -0.1) is 0 Å². The van der Waals surface area contributed by atoms with Crippen LogP contribution in [0.5, 0.6) is 0 Å². The van der Waals surface area contributed by atoms with E-state index in [1.807, 2.05) is 51.2 Å². The van der Waals surface area contributed by atoms with Crippen molar-refractivity contribution in [3.63, 3.8) is 0 Å². The summed E-state index contributed by atoms with van der Waals surface area (Å²) in [6, 6.07) is 9.00. The molecule has 0 bridgehead atoms. The molecule has 0 aliphatic carbocycles. The first kappa shape index (κ1) is 20.7. The van der Waals surface area contributed by atoms with Gasteiger partial charge in [-0.25, -0.2) is 18.4 Å². The number of sulfonamides is 1. The summed E-state index contributed by atoms with van der Waals surface area (Å²) < 4.78 is 27.8. The molecule has 152 valence electrons. The van der Waals surface area contributed by atoms with Gasteiger partial charge in [-0.05, 0) is 38.9 Å². The second kappa shape index (κ2) is 8.55. The van der Waals surface area contributed by atoms with Gasteiger partial charge in [-0.3, -0.25) is 0 Å². The largest absolute Gasteiger partial charge is 0.363 e. The zero-order chi connectivity index (χ0) is 20.3. The molecule has 1 unspecified atom stereocenters. The van der Waals surface area contributed by atoms with E-state index >= 15 is 0 Å². The summed E-state index contributed by atoms with van der Waals surface area (Å²) >= 11 is 0. The molecule has 0 spiro atoms. The molecule has 0 radical (unpaired) electrons. The Labute approximate surface area is 167 Å². The highest BCUT2D eigenvalue weighted by Crippen LogP contribution is 2.29. The van der Waals surface area contributed by atoms with Gasteiger partial charge in [0.25, 0.3) is 0 Å². The molecule has 1 aliphatic heterocycles. The summed E-state index contributed by atoms with van der Waals surface area (Å²) in [5, 5.41) is 3.12. The highest BCUT2D eigenvalue weighted by Gasteiger charge is 2.32. The van der Waals surface area contributed by atoms with Gasteiger partial charge in [0.2, 0.25) is 10.0 Å². The Balaban J connectivity index is 1.88. The van der Waals surface area contributed by atoms with Gasteiger partial charge in [-0.1, -0.05) is 17.7 Å². The molecule has 7 nitrogen and oxygen atoms in total. The van der Waals surface area contributed by atoms with Crippen molar-refractivity contribution in [2.24, 2.45) is 0 Å². The molecule has 1 aromatic carbocycles. The number of piperidine rings is 1. The molecular formula is C20H29N5O2S. The molecule has 1 atom stereocenters. The van der Waals surface area contributed by atoms with E-state index < -0.39 is 10.0 Å². The van der Waals surface area contributed by atoms with Gasteiger partial charge in [-0.2, -0.15) is 4.31 Å². The maximum atomic E-state index is 13.1. The SMILES string of the molecule is CNCc1cc(N(C)C)nc(C2CCCN(S(=O)(=O)c3ccc(C)cc3)C2)n1. The minimum Gasteiger partial charge on any atom is -0.363 e. The van der Waals surface area contributed by atoms with E-state index in [4.69, 9.17) is 9.97 Å². The predicted molar refractivity (Wildman–Crippen MR) is 111 cm³/mol. The zero-order valence-corrected chi connectivity index (χ0v) is 17.8. The highest BCUT2D eigenvalue weighted by molar-refractivity contribution is 7.89. The van der Waals surface area contributed by atoms with Crippen LogP contribution < -0.4 is 10.2 Å². The van der Waals surface area contributed by atoms with Crippen LogP contribution in [0.1, 0.15) is 35.8 Å². The summed E-state index contributed by atoms with van der Waals surface area (Å²) in [6.45, 7) is 3.54. The maximum Gasteiger partial charge on any atom is 0.243 e. The van der Waals surface area contributed by atoms with Crippen LogP contribution in [0.2, 0.25) is 0 Å². The lowest BCUT2D eigenvalue weighted by Gasteiger charge is -2.31. The van der Waals surface area contributed by atoms with Gasteiger partial charge in [0.1, 0.15) is 11.6 Å². The molecule has 2 aromatic rings. The first-order valence-corrected chi connectivity index (χ1v) is 11.0. The van der Waals surface area contributed by atoms with E-state index in [-0.39, 0.29) is 5.92 Å². The van der Waals surface area contributed by atoms with Crippen molar-refractivity contribution < 1.29 is 8.42 Å². The topological polar surface area (TPSA) is 78.4 Å². The summed E-state index contributed by atoms with van der Waals surface area (Å²) in [4.78, 5) is 11.7. The van der Waals surface area contributed by atoms with Crippen molar-refractivity contribution in [2.75, 3.05) is 39.1 Å². The maximum absolute atomic E-state index is 13.1. The van der Waals surface area contributed by atoms with Crippen LogP contribution in [0.15, 0.2) is 35.2 Å². The fourth-order valence-electron chi connectivity index (χ4n) is 3.42. The molecule has 0 amide bonds. The lowest BCUT2D eigenvalue weighted by Crippen LogP contribution is -2.39. The van der Waals surface area contributed by atoms with Crippen LogP contribution in [0.25, 0.3) is 0 Å². The Morgan fingerprint density at radius 1 is 1.21 bits per heavy atom. The Hall–Kier alpha value is -2.03. The normalized spacial score (nSPS) is 18.2. The fraction of sp³-hybridized carbons (Fsp3) is 0.500. The number of aromatic nitrogens is 2. The summed E-state index contributed by atoms with van der Waals surface area (Å²) in [6.07, 6.45) is 1.68. The number of nitrogens with zero attached hydrogens (tertiary/aromatic N) is 4. The number of benzene rings is 1. The van der Waals surface area contributed by atoms with Crippen LogP contribution in [0.4, 0.5) is 5.82 Å². The van der Waals surface area contributed by atoms with Crippen LogP contribution in [0.3, 0.4) is 0 Å². The minimum atomic E-state index is -3.51. The van der Waals surface area contributed by atoms with Crippen molar-refractivity contribution in [1.29, 1.82) is 0 Å². The smallest absolute Gasteiger partial charge is 0.243 e. The van der Waals surface area contributed by atoms with Crippen LogP contribution >= 0.6 is 0 Å². The van der Waals surface area contributed by atoms with Crippen molar-refractivity contribution >= 4 is 15.8 Å². The molecular weight excluding hydrogens is 374 g/mol. The fourth-order valence-corrected chi connectivity index (χ4v) is 4.94. The molecule has 1 fully saturated rings. The second-order valence-corrected chi connectivity index (χ2v) is 9.45. The molecule has 8 heteroatoms. The zero-order valence-electron chi connectivity index (χ0n) is 17.0. The molecule has 1 N–H and O–H groups in total. The third-order valence-corrected chi connectivity index (χ3v) is 6.89. The van der Waals surface area contributed by atoms with Gasteiger partial charge < -0.3 is 10.2 Å². The van der Waals surface area contributed by atoms with E-state index in [0.717, 1.165) is 35.7 Å². The number of anilines is 1. The second-order valence-electron chi connectivity index (χ2n) is 7.52. The van der Waals surface area contributed by atoms with Crippen molar-refractivity contribution in [1.82, 2.24) is 19.6 Å². The van der Waals surface area contributed by atoms with E-state index in [1.54, 1.807) is 16.4 Å². The number of hydrogen-bond donors (Lipinski definition) is 1. The third kappa shape index (κ3) is 4.51. The first-order valence-electron chi connectivity index (χ1n) is 9.58. The van der Waals surface area contributed by atoms with Crippen LogP contribution in [-0.2, 0) is 16.6 Å². The number of nitrogens with one attached hydrogen (secondary N) is 1. The Morgan fingerprint density at radius 2 is 1.93 bits per heavy atom. The van der Waals surface area contributed by atoms with Crippen molar-refractivity contribution in [3.05, 3.63) is 47.4 Å². The van der Waals surface area contributed by atoms with Crippen LogP contribution in [0, 0.1) is 6.92 Å². The average molecular weight is 404 g/mol. The number of rotatable bonds is 6. The van der Waals surface area contributed by atoms with E-state index in [1.165, 1.54) is 0 Å². The summed E-state index contributed by atoms with van der Waals surface area (Å²) in [7, 11) is 2.27. The molecule has 1 saturated heterocycles. The Bertz CT molecular complexity index is 913. The quantitative estimate of drug-likeness (QED) is 0.796. The lowest BCUT2D eigenvalue weighted by atomic mass is 9.98. The predicted octanol–water partition coefficient (Wildman–Crippen LogP) is 2.14. The van der Waals surface area contributed by atoms with Gasteiger partial charge in [0.05, 0.1) is 10.6 Å². The van der Waals surface area contributed by atoms with Gasteiger partial charge in [0.15, 0.2) is 0 Å². The molecule has 1 aromatic heterocycles. The van der Waals surface area contributed by atoms with E-state index in [9.17, 15) is 8.42 Å². The van der Waals surface area contributed by atoms with Crippen LogP contribution in [-0.4, -0.2) is 56.9 Å². The standard InChI is InChI=1S/C20H29N5O2S/c1-15-7-9-18(10-8-15)28(26,27)25-11-5-6-16(14-25)20-22-17(13-21-2)12-19(23-20)24(3)4/h7-10,12,16,21H,5-6,11,13-14H2,1-4H3. The average Bonchev–Trinajstić information content (AvgIpc) is 2.68. The van der Waals surface area contributed by atoms with Crippen molar-refractivity contribution in [2.45, 2.75) is 37.1 Å². The van der Waals surface area contributed by atoms with Crippen molar-refractivity contribution in [3.8, 4) is 0 Å². The number of hydrogen-bond acceptors (Lipinski definition) is 6. The molecule has 3 rings (SSSR count). The lowest BCUT2D eigenvalue weighted by molar-refractivity contribution is 0.309. The van der Waals surface area contributed by atoms with E-state index in [2.05, 4.69) is 5.32 Å². The molecule has 1 aliphatic rings. The number of aryl methyl sites for hydroxylation is 1.